The number of fused-ring (bicyclic) bond motifs is 8. The first-order valence-electron chi connectivity index (χ1n) is 23.6. The van der Waals surface area contributed by atoms with Crippen molar-refractivity contribution in [1.29, 1.82) is 0 Å². The molecule has 8 heteroatoms. The molecule has 4 heterocycles. The van der Waals surface area contributed by atoms with Crippen LogP contribution in [0.15, 0.2) is 237 Å². The minimum absolute atomic E-state index is 0.0674. The van der Waals surface area contributed by atoms with Crippen molar-refractivity contribution >= 4 is 109 Å². The predicted octanol–water partition coefficient (Wildman–Crippen LogP) is 11.7. The second-order valence-electron chi connectivity index (χ2n) is 18.1. The summed E-state index contributed by atoms with van der Waals surface area (Å²) in [5.41, 5.74) is 19.0. The van der Waals surface area contributed by atoms with Crippen molar-refractivity contribution in [3.8, 4) is 23.0 Å². The zero-order chi connectivity index (χ0) is 45.6. The molecule has 4 aliphatic rings. The normalized spacial score (nSPS) is 13.1. The molecular weight excluding hydrogens is 842 g/mol. The van der Waals surface area contributed by atoms with Crippen LogP contribution in [0.3, 0.4) is 0 Å². The summed E-state index contributed by atoms with van der Waals surface area (Å²) in [6.45, 7) is -0.189. The van der Waals surface area contributed by atoms with Crippen molar-refractivity contribution in [1.82, 2.24) is 0 Å². The molecule has 10 aromatic carbocycles. The van der Waals surface area contributed by atoms with Crippen LogP contribution in [0.5, 0.6) is 23.0 Å². The summed E-state index contributed by atoms with van der Waals surface area (Å²) in [4.78, 5) is 9.50. The van der Waals surface area contributed by atoms with E-state index in [0.717, 1.165) is 102 Å². The van der Waals surface area contributed by atoms with Gasteiger partial charge in [-0.2, -0.15) is 0 Å². The van der Waals surface area contributed by atoms with E-state index in [4.69, 9.17) is 9.47 Å². The summed E-state index contributed by atoms with van der Waals surface area (Å²) in [6.07, 6.45) is 0. The number of benzene rings is 10. The average molecular weight is 885 g/mol. The Balaban J connectivity index is 0.999. The summed E-state index contributed by atoms with van der Waals surface area (Å²) in [5, 5.41) is 0. The Morgan fingerprint density at radius 3 is 1.38 bits per heavy atom. The Bertz CT molecular complexity index is 3540. The fourth-order valence-electron chi connectivity index (χ4n) is 11.4. The molecule has 0 aliphatic carbocycles. The number of para-hydroxylation sites is 7. The van der Waals surface area contributed by atoms with Crippen LogP contribution in [0.25, 0.3) is 0 Å². The summed E-state index contributed by atoms with van der Waals surface area (Å²) in [7, 11) is 2.22. The van der Waals surface area contributed by atoms with Crippen molar-refractivity contribution in [2.24, 2.45) is 0 Å². The molecule has 10 aromatic rings. The van der Waals surface area contributed by atoms with Gasteiger partial charge in [-0.25, -0.2) is 0 Å². The van der Waals surface area contributed by atoms with Crippen molar-refractivity contribution in [3.63, 3.8) is 0 Å². The maximum Gasteiger partial charge on any atom is 0.260 e. The average Bonchev–Trinajstić information content (AvgIpc) is 3.41. The third-order valence-corrected chi connectivity index (χ3v) is 14.3. The second-order valence-corrected chi connectivity index (χ2v) is 18.1. The fourth-order valence-corrected chi connectivity index (χ4v) is 11.4. The highest BCUT2D eigenvalue weighted by Gasteiger charge is 2.46. The van der Waals surface area contributed by atoms with Crippen LogP contribution in [0.1, 0.15) is 0 Å². The summed E-state index contributed by atoms with van der Waals surface area (Å²) >= 11 is 0. The molecule has 0 spiro atoms. The molecular formula is C61H42B2N4O2. The highest BCUT2D eigenvalue weighted by Crippen LogP contribution is 2.48. The van der Waals surface area contributed by atoms with Crippen LogP contribution >= 0.6 is 0 Å². The van der Waals surface area contributed by atoms with Gasteiger partial charge in [0, 0.05) is 81.9 Å². The van der Waals surface area contributed by atoms with Gasteiger partial charge in [0.2, 0.25) is 0 Å². The topological polar surface area (TPSA) is 31.4 Å². The lowest BCUT2D eigenvalue weighted by Gasteiger charge is -2.44. The molecule has 0 aromatic heterocycles. The molecule has 6 nitrogen and oxygen atoms in total. The van der Waals surface area contributed by atoms with Gasteiger partial charge in [0.25, 0.3) is 13.4 Å². The first-order chi connectivity index (χ1) is 34.2. The van der Waals surface area contributed by atoms with Crippen molar-refractivity contribution < 1.29 is 9.47 Å². The maximum absolute atomic E-state index is 7.28. The van der Waals surface area contributed by atoms with E-state index in [1.54, 1.807) is 0 Å². The van der Waals surface area contributed by atoms with Crippen LogP contribution in [-0.2, 0) is 0 Å². The number of rotatable bonds is 7. The third-order valence-electron chi connectivity index (χ3n) is 14.3. The van der Waals surface area contributed by atoms with E-state index in [1.807, 2.05) is 0 Å². The number of nitrogens with zero attached hydrogens (tertiary/aromatic N) is 4. The van der Waals surface area contributed by atoms with E-state index in [9.17, 15) is 0 Å². The molecule has 0 unspecified atom stereocenters. The quantitative estimate of drug-likeness (QED) is 0.148. The van der Waals surface area contributed by atoms with Crippen LogP contribution in [0, 0.1) is 0 Å². The summed E-state index contributed by atoms with van der Waals surface area (Å²) in [6, 6.07) is 84.6. The minimum Gasteiger partial charge on any atom is -0.458 e. The van der Waals surface area contributed by atoms with Gasteiger partial charge in [0.1, 0.15) is 23.0 Å². The van der Waals surface area contributed by atoms with E-state index >= 15 is 0 Å². The van der Waals surface area contributed by atoms with Gasteiger partial charge in [-0.05, 0) is 112 Å². The first-order valence-corrected chi connectivity index (χ1v) is 23.6. The van der Waals surface area contributed by atoms with Crippen molar-refractivity contribution in [3.05, 3.63) is 237 Å². The minimum atomic E-state index is -0.122. The predicted molar refractivity (Wildman–Crippen MR) is 287 cm³/mol. The van der Waals surface area contributed by atoms with Crippen LogP contribution in [-0.4, -0.2) is 20.5 Å². The van der Waals surface area contributed by atoms with E-state index < -0.39 is 0 Å². The molecule has 4 aliphatic heterocycles. The Hall–Kier alpha value is -8.87. The monoisotopic (exact) mass is 884 g/mol. The molecule has 14 rings (SSSR count). The molecule has 0 amide bonds. The molecule has 0 atom stereocenters. The first kappa shape index (κ1) is 39.3. The van der Waals surface area contributed by atoms with Crippen LogP contribution in [0.4, 0.5) is 62.6 Å². The molecule has 0 saturated carbocycles. The molecule has 69 heavy (non-hydrogen) atoms. The van der Waals surface area contributed by atoms with Gasteiger partial charge in [-0.15, -0.1) is 0 Å². The highest BCUT2D eigenvalue weighted by atomic mass is 16.5. The zero-order valence-corrected chi connectivity index (χ0v) is 37.8. The summed E-state index contributed by atoms with van der Waals surface area (Å²) in [5.74, 6) is 3.29. The number of hydrogen-bond acceptors (Lipinski definition) is 6. The Morgan fingerprint density at radius 1 is 0.319 bits per heavy atom. The molecule has 324 valence electrons. The van der Waals surface area contributed by atoms with Gasteiger partial charge < -0.3 is 29.1 Å². The van der Waals surface area contributed by atoms with Crippen molar-refractivity contribution in [2.75, 3.05) is 26.6 Å². The molecule has 0 bridgehead atoms. The number of hydrogen-bond donors (Lipinski definition) is 0. The lowest BCUT2D eigenvalue weighted by molar-refractivity contribution is 0.465. The smallest absolute Gasteiger partial charge is 0.260 e. The highest BCUT2D eigenvalue weighted by molar-refractivity contribution is 7.02. The molecule has 0 radical (unpaired) electrons. The fraction of sp³-hybridized carbons (Fsp3) is 0.0164. The maximum atomic E-state index is 7.28. The zero-order valence-electron chi connectivity index (χ0n) is 37.8. The lowest BCUT2D eigenvalue weighted by Crippen LogP contribution is -2.64. The van der Waals surface area contributed by atoms with Crippen molar-refractivity contribution in [2.45, 2.75) is 0 Å². The Kier molecular flexibility index (Phi) is 8.89. The van der Waals surface area contributed by atoms with E-state index in [-0.39, 0.29) is 13.4 Å². The lowest BCUT2D eigenvalue weighted by atomic mass is 9.31. The van der Waals surface area contributed by atoms with E-state index in [2.05, 4.69) is 263 Å². The van der Waals surface area contributed by atoms with Crippen LogP contribution in [0.2, 0.25) is 0 Å². The third kappa shape index (κ3) is 6.15. The Labute approximate surface area is 402 Å². The number of ether oxygens (including phenoxy) is 2. The van der Waals surface area contributed by atoms with Gasteiger partial charge in [-0.1, -0.05) is 133 Å². The van der Waals surface area contributed by atoms with Crippen LogP contribution < -0.4 is 61.9 Å². The van der Waals surface area contributed by atoms with E-state index in [1.165, 1.54) is 16.4 Å². The van der Waals surface area contributed by atoms with Gasteiger partial charge >= 0.3 is 0 Å². The van der Waals surface area contributed by atoms with E-state index in [0.29, 0.717) is 0 Å². The molecule has 0 fully saturated rings. The largest absolute Gasteiger partial charge is 0.458 e. The van der Waals surface area contributed by atoms with Gasteiger partial charge in [-0.3, -0.25) is 0 Å². The summed E-state index contributed by atoms with van der Waals surface area (Å²) < 4.78 is 14.2. The SMILES string of the molecule is CN1c2cc3c(cc2B2c4ccccc4N(c4ccccc4)c4cc(N(c5ccccc5)c5ccccc5)cc1c42)B1c2ccccc2Oc2cc(N(c4ccccc4)c4ccccc4)cc(c21)O3. The van der Waals surface area contributed by atoms with Gasteiger partial charge in [0.15, 0.2) is 0 Å². The standard InChI is InChI=1S/C61H42B2N4O2/c1-64-53-40-57-51(63-49-32-18-20-34-56(49)68-58-37-47(38-59(69-57)61(58)63)66(43-25-11-4-12-26-43)44-27-13-5-14-28-44)39-50(53)62-48-31-17-19-33-52(48)67(45-29-15-6-16-30-45)55-36-46(35-54(64)60(55)62)65(41-21-7-2-8-22-41)42-23-9-3-10-24-42/h2-40H,1H3. The molecule has 0 N–H and O–H groups in total. The second kappa shape index (κ2) is 15.6. The molecule has 0 saturated heterocycles. The van der Waals surface area contributed by atoms with Gasteiger partial charge in [0.05, 0.1) is 11.4 Å². The number of anilines is 11. The Morgan fingerprint density at radius 2 is 0.783 bits per heavy atom.